The number of hydrogen-bond donors (Lipinski definition) is 1. The molecule has 1 amide bonds. The molecule has 1 heterocycles. The Labute approximate surface area is 181 Å². The molecule has 0 atom stereocenters. The van der Waals surface area contributed by atoms with Gasteiger partial charge in [0, 0.05) is 12.1 Å². The van der Waals surface area contributed by atoms with Gasteiger partial charge in [-0.3, -0.25) is 4.79 Å². The van der Waals surface area contributed by atoms with Crippen LogP contribution in [0.1, 0.15) is 11.1 Å². The molecule has 3 rings (SSSR count). The SMILES string of the molecule is COc1ccc(CCNC(=O)CSc2ccc(-c3ccccc3C)nn2)cc1OC. The Hall–Kier alpha value is -3.06. The van der Waals surface area contributed by atoms with Gasteiger partial charge in [0.2, 0.25) is 5.91 Å². The molecular formula is C23H25N3O3S. The molecule has 2 aromatic carbocycles. The lowest BCUT2D eigenvalue weighted by molar-refractivity contribution is -0.118. The number of aromatic nitrogens is 2. The van der Waals surface area contributed by atoms with E-state index in [0.29, 0.717) is 30.2 Å². The summed E-state index contributed by atoms with van der Waals surface area (Å²) in [6.07, 6.45) is 0.710. The van der Waals surface area contributed by atoms with Crippen LogP contribution in [0.4, 0.5) is 0 Å². The van der Waals surface area contributed by atoms with Crippen molar-refractivity contribution < 1.29 is 14.3 Å². The Morgan fingerprint density at radius 1 is 1.00 bits per heavy atom. The highest BCUT2D eigenvalue weighted by Crippen LogP contribution is 2.27. The topological polar surface area (TPSA) is 73.3 Å². The minimum absolute atomic E-state index is 0.0368. The Morgan fingerprint density at radius 3 is 2.50 bits per heavy atom. The third kappa shape index (κ3) is 5.73. The third-order valence-corrected chi connectivity index (χ3v) is 5.52. The van der Waals surface area contributed by atoms with Crippen molar-refractivity contribution in [1.29, 1.82) is 0 Å². The van der Waals surface area contributed by atoms with Crippen molar-refractivity contribution in [1.82, 2.24) is 15.5 Å². The smallest absolute Gasteiger partial charge is 0.230 e. The van der Waals surface area contributed by atoms with E-state index in [-0.39, 0.29) is 5.91 Å². The third-order valence-electron chi connectivity index (χ3n) is 4.60. The maximum Gasteiger partial charge on any atom is 0.230 e. The lowest BCUT2D eigenvalue weighted by Crippen LogP contribution is -2.27. The van der Waals surface area contributed by atoms with Crippen LogP contribution in [-0.2, 0) is 11.2 Å². The van der Waals surface area contributed by atoms with E-state index in [9.17, 15) is 4.79 Å². The number of thioether (sulfide) groups is 1. The van der Waals surface area contributed by atoms with Gasteiger partial charge in [0.1, 0.15) is 5.03 Å². The van der Waals surface area contributed by atoms with Crippen molar-refractivity contribution in [2.75, 3.05) is 26.5 Å². The minimum Gasteiger partial charge on any atom is -0.493 e. The van der Waals surface area contributed by atoms with Gasteiger partial charge in [0.05, 0.1) is 25.7 Å². The molecule has 0 fully saturated rings. The predicted molar refractivity (Wildman–Crippen MR) is 119 cm³/mol. The highest BCUT2D eigenvalue weighted by atomic mass is 32.2. The van der Waals surface area contributed by atoms with Crippen molar-refractivity contribution in [2.24, 2.45) is 0 Å². The summed E-state index contributed by atoms with van der Waals surface area (Å²) in [5.74, 6) is 1.63. The van der Waals surface area contributed by atoms with E-state index in [2.05, 4.69) is 15.5 Å². The number of rotatable bonds is 9. The molecule has 0 saturated heterocycles. The van der Waals surface area contributed by atoms with Crippen LogP contribution >= 0.6 is 11.8 Å². The summed E-state index contributed by atoms with van der Waals surface area (Å²) in [5.41, 5.74) is 4.12. The first-order valence-electron chi connectivity index (χ1n) is 9.61. The molecule has 1 N–H and O–H groups in total. The molecule has 0 aliphatic carbocycles. The average molecular weight is 424 g/mol. The van der Waals surface area contributed by atoms with E-state index in [1.54, 1.807) is 14.2 Å². The second-order valence-corrected chi connectivity index (χ2v) is 7.65. The number of carbonyl (C=O) groups is 1. The number of hydrogen-bond acceptors (Lipinski definition) is 6. The van der Waals surface area contributed by atoms with Gasteiger partial charge < -0.3 is 14.8 Å². The van der Waals surface area contributed by atoms with E-state index in [4.69, 9.17) is 9.47 Å². The highest BCUT2D eigenvalue weighted by Gasteiger charge is 2.08. The Bertz CT molecular complexity index is 993. The maximum atomic E-state index is 12.1. The molecular weight excluding hydrogens is 398 g/mol. The minimum atomic E-state index is -0.0368. The second-order valence-electron chi connectivity index (χ2n) is 6.65. The lowest BCUT2D eigenvalue weighted by Gasteiger charge is -2.10. The zero-order valence-electron chi connectivity index (χ0n) is 17.3. The van der Waals surface area contributed by atoms with Crippen LogP contribution in [0.25, 0.3) is 11.3 Å². The number of amides is 1. The van der Waals surface area contributed by atoms with Crippen molar-refractivity contribution in [2.45, 2.75) is 18.4 Å². The summed E-state index contributed by atoms with van der Waals surface area (Å²) in [4.78, 5) is 12.1. The number of nitrogens with zero attached hydrogens (tertiary/aromatic N) is 2. The molecule has 0 aliphatic heterocycles. The molecule has 0 saturated carbocycles. The quantitative estimate of drug-likeness (QED) is 0.526. The number of carbonyl (C=O) groups excluding carboxylic acids is 1. The molecule has 7 heteroatoms. The van der Waals surface area contributed by atoms with Crippen molar-refractivity contribution in [3.63, 3.8) is 0 Å². The van der Waals surface area contributed by atoms with Gasteiger partial charge in [-0.1, -0.05) is 42.1 Å². The largest absolute Gasteiger partial charge is 0.493 e. The molecule has 30 heavy (non-hydrogen) atoms. The Balaban J connectivity index is 1.45. The van der Waals surface area contributed by atoms with Gasteiger partial charge in [-0.05, 0) is 48.7 Å². The summed E-state index contributed by atoms with van der Waals surface area (Å²) < 4.78 is 10.5. The second kappa shape index (κ2) is 10.6. The first-order valence-corrected chi connectivity index (χ1v) is 10.6. The number of aryl methyl sites for hydroxylation is 1. The molecule has 0 radical (unpaired) electrons. The van der Waals surface area contributed by atoms with E-state index >= 15 is 0 Å². The fourth-order valence-corrected chi connectivity index (χ4v) is 3.62. The van der Waals surface area contributed by atoms with Gasteiger partial charge >= 0.3 is 0 Å². The monoisotopic (exact) mass is 423 g/mol. The van der Waals surface area contributed by atoms with E-state index in [1.807, 2.05) is 61.5 Å². The predicted octanol–water partition coefficient (Wildman–Crippen LogP) is 3.92. The first kappa shape index (κ1) is 21.6. The Kier molecular flexibility index (Phi) is 7.68. The Morgan fingerprint density at radius 2 is 1.80 bits per heavy atom. The van der Waals surface area contributed by atoms with Crippen molar-refractivity contribution >= 4 is 17.7 Å². The molecule has 3 aromatic rings. The van der Waals surface area contributed by atoms with Crippen LogP contribution in [0.2, 0.25) is 0 Å². The van der Waals surface area contributed by atoms with E-state index < -0.39 is 0 Å². The first-order chi connectivity index (χ1) is 14.6. The number of methoxy groups -OCH3 is 2. The van der Waals surface area contributed by atoms with Crippen LogP contribution < -0.4 is 14.8 Å². The molecule has 0 bridgehead atoms. The molecule has 0 aliphatic rings. The molecule has 156 valence electrons. The standard InChI is InChI=1S/C23H25N3O3S/c1-16-6-4-5-7-18(16)19-9-11-23(26-25-19)30-15-22(27)24-13-12-17-8-10-20(28-2)21(14-17)29-3/h4-11,14H,12-13,15H2,1-3H3,(H,24,27). The van der Waals surface area contributed by atoms with Gasteiger partial charge in [0.15, 0.2) is 11.5 Å². The lowest BCUT2D eigenvalue weighted by atomic mass is 10.1. The summed E-state index contributed by atoms with van der Waals surface area (Å²) in [6.45, 7) is 2.60. The van der Waals surface area contributed by atoms with Crippen molar-refractivity contribution in [3.05, 3.63) is 65.7 Å². The fraction of sp³-hybridized carbons (Fsp3) is 0.261. The van der Waals surface area contributed by atoms with E-state index in [0.717, 1.165) is 27.4 Å². The van der Waals surface area contributed by atoms with Gasteiger partial charge in [-0.15, -0.1) is 10.2 Å². The van der Waals surface area contributed by atoms with Crippen LogP contribution in [0.15, 0.2) is 59.6 Å². The van der Waals surface area contributed by atoms with E-state index in [1.165, 1.54) is 11.8 Å². The summed E-state index contributed by atoms with van der Waals surface area (Å²) >= 11 is 1.37. The van der Waals surface area contributed by atoms with Crippen LogP contribution in [0, 0.1) is 6.92 Å². The maximum absolute atomic E-state index is 12.1. The average Bonchev–Trinajstić information content (AvgIpc) is 2.78. The fourth-order valence-electron chi connectivity index (χ4n) is 2.97. The summed E-state index contributed by atoms with van der Waals surface area (Å²) in [5, 5.41) is 12.2. The number of ether oxygens (including phenoxy) is 2. The van der Waals surface area contributed by atoms with Gasteiger partial charge in [-0.2, -0.15) is 0 Å². The number of nitrogens with one attached hydrogen (secondary N) is 1. The van der Waals surface area contributed by atoms with Crippen molar-refractivity contribution in [3.8, 4) is 22.8 Å². The highest BCUT2D eigenvalue weighted by molar-refractivity contribution is 7.99. The normalized spacial score (nSPS) is 10.5. The number of benzene rings is 2. The van der Waals surface area contributed by atoms with Gasteiger partial charge in [0.25, 0.3) is 0 Å². The van der Waals surface area contributed by atoms with Crippen LogP contribution in [-0.4, -0.2) is 42.6 Å². The van der Waals surface area contributed by atoms with Crippen LogP contribution in [0.3, 0.4) is 0 Å². The summed E-state index contributed by atoms with van der Waals surface area (Å²) in [7, 11) is 3.22. The summed E-state index contributed by atoms with van der Waals surface area (Å²) in [6, 6.07) is 17.6. The molecule has 0 unspecified atom stereocenters. The zero-order chi connectivity index (χ0) is 21.3. The van der Waals surface area contributed by atoms with Gasteiger partial charge in [-0.25, -0.2) is 0 Å². The molecule has 1 aromatic heterocycles. The molecule has 6 nitrogen and oxygen atoms in total. The molecule has 0 spiro atoms. The zero-order valence-corrected chi connectivity index (χ0v) is 18.2. The van der Waals surface area contributed by atoms with Crippen LogP contribution in [0.5, 0.6) is 11.5 Å².